The minimum absolute atomic E-state index is 0.605. The Hall–Kier alpha value is -2.18. The zero-order valence-corrected chi connectivity index (χ0v) is 20.1. The number of nitrogens with one attached hydrogen (secondary N) is 1. The Bertz CT molecular complexity index is 965. The first-order valence-electron chi connectivity index (χ1n) is 10.8. The summed E-state index contributed by atoms with van der Waals surface area (Å²) in [5.41, 5.74) is 6.03. The van der Waals surface area contributed by atoms with Gasteiger partial charge in [-0.15, -0.1) is 0 Å². The predicted octanol–water partition coefficient (Wildman–Crippen LogP) is 6.32. The summed E-state index contributed by atoms with van der Waals surface area (Å²) in [6.45, 7) is 12.5. The van der Waals surface area contributed by atoms with Crippen LogP contribution in [0, 0.1) is 13.8 Å². The second-order valence-electron chi connectivity index (χ2n) is 8.91. The lowest BCUT2D eigenvalue weighted by molar-refractivity contribution is -0.160. The SMILES string of the molecule is CCSNc1cc(C)c(-c2ccc3c(c2)CCCO3)c(C(OC(C)(C)C)C(=O)O)c1C. The van der Waals surface area contributed by atoms with Crippen LogP contribution in [-0.2, 0) is 16.0 Å². The fourth-order valence-electron chi connectivity index (χ4n) is 4.01. The van der Waals surface area contributed by atoms with Crippen LogP contribution in [0.2, 0.25) is 0 Å². The average Bonchev–Trinajstić information content (AvgIpc) is 2.71. The zero-order valence-electron chi connectivity index (χ0n) is 19.3. The summed E-state index contributed by atoms with van der Waals surface area (Å²) in [6, 6.07) is 8.27. The number of benzene rings is 2. The van der Waals surface area contributed by atoms with E-state index in [0.29, 0.717) is 5.56 Å². The van der Waals surface area contributed by atoms with Crippen LogP contribution >= 0.6 is 11.9 Å². The molecule has 168 valence electrons. The number of rotatable bonds is 7. The number of anilines is 1. The molecule has 1 unspecified atom stereocenters. The number of aliphatic carboxylic acids is 1. The van der Waals surface area contributed by atoms with Crippen LogP contribution in [0.5, 0.6) is 5.75 Å². The first kappa shape index (κ1) is 23.5. The second kappa shape index (κ2) is 9.53. The van der Waals surface area contributed by atoms with Crippen LogP contribution in [0.25, 0.3) is 11.1 Å². The third-order valence-electron chi connectivity index (χ3n) is 5.31. The van der Waals surface area contributed by atoms with Crippen molar-refractivity contribution in [3.8, 4) is 16.9 Å². The van der Waals surface area contributed by atoms with Crippen molar-refractivity contribution in [3.05, 3.63) is 46.5 Å². The summed E-state index contributed by atoms with van der Waals surface area (Å²) >= 11 is 1.59. The van der Waals surface area contributed by atoms with E-state index in [0.717, 1.165) is 58.9 Å². The maximum atomic E-state index is 12.4. The number of aryl methyl sites for hydroxylation is 2. The molecule has 0 radical (unpaired) electrons. The highest BCUT2D eigenvalue weighted by Gasteiger charge is 2.32. The maximum Gasteiger partial charge on any atom is 0.337 e. The molecule has 0 saturated heterocycles. The highest BCUT2D eigenvalue weighted by atomic mass is 32.2. The summed E-state index contributed by atoms with van der Waals surface area (Å²) in [4.78, 5) is 12.4. The van der Waals surface area contributed by atoms with E-state index in [1.54, 1.807) is 11.9 Å². The molecule has 6 heteroatoms. The summed E-state index contributed by atoms with van der Waals surface area (Å²) in [5, 5.41) is 10.2. The van der Waals surface area contributed by atoms with E-state index in [2.05, 4.69) is 23.8 Å². The number of carboxylic acid groups (broad SMARTS) is 1. The van der Waals surface area contributed by atoms with Crippen LogP contribution < -0.4 is 9.46 Å². The van der Waals surface area contributed by atoms with E-state index >= 15 is 0 Å². The standard InChI is InChI=1S/C25H33NO4S/c1-7-31-26-19-13-15(2)21(18-10-11-20-17(14-18)9-8-12-29-20)22(16(19)3)23(24(27)28)30-25(4,5)6/h10-11,13-14,23,26H,7-9,12H2,1-6H3,(H,27,28). The van der Waals surface area contributed by atoms with Crippen molar-refractivity contribution in [1.29, 1.82) is 0 Å². The molecule has 0 saturated carbocycles. The fourth-order valence-corrected chi connectivity index (χ4v) is 4.52. The number of carbonyl (C=O) groups is 1. The summed E-state index contributed by atoms with van der Waals surface area (Å²) < 4.78 is 15.3. The third kappa shape index (κ3) is 5.36. The van der Waals surface area contributed by atoms with Crippen molar-refractivity contribution in [2.45, 2.75) is 66.1 Å². The molecule has 0 aliphatic carbocycles. The Morgan fingerprint density at radius 2 is 2.03 bits per heavy atom. The van der Waals surface area contributed by atoms with Gasteiger partial charge in [0.25, 0.3) is 0 Å². The van der Waals surface area contributed by atoms with Gasteiger partial charge in [-0.2, -0.15) is 0 Å². The van der Waals surface area contributed by atoms with Crippen LogP contribution in [0.1, 0.15) is 62.5 Å². The molecule has 0 aromatic heterocycles. The predicted molar refractivity (Wildman–Crippen MR) is 128 cm³/mol. The summed E-state index contributed by atoms with van der Waals surface area (Å²) in [5.74, 6) is 0.839. The molecule has 0 fully saturated rings. The van der Waals surface area contributed by atoms with E-state index in [1.807, 2.05) is 46.8 Å². The van der Waals surface area contributed by atoms with Crippen molar-refractivity contribution < 1.29 is 19.4 Å². The molecule has 3 rings (SSSR count). The van der Waals surface area contributed by atoms with Crippen molar-refractivity contribution >= 4 is 23.6 Å². The van der Waals surface area contributed by atoms with Crippen LogP contribution in [0.15, 0.2) is 24.3 Å². The van der Waals surface area contributed by atoms with Gasteiger partial charge in [-0.25, -0.2) is 4.79 Å². The van der Waals surface area contributed by atoms with Gasteiger partial charge in [-0.05, 0) is 93.5 Å². The first-order chi connectivity index (χ1) is 14.6. The highest BCUT2D eigenvalue weighted by molar-refractivity contribution is 8.00. The first-order valence-corrected chi connectivity index (χ1v) is 11.8. The Kier molecular flexibility index (Phi) is 7.22. The average molecular weight is 444 g/mol. The molecule has 1 aliphatic heterocycles. The number of hydrogen-bond acceptors (Lipinski definition) is 5. The van der Waals surface area contributed by atoms with Crippen molar-refractivity contribution in [2.24, 2.45) is 0 Å². The van der Waals surface area contributed by atoms with E-state index in [9.17, 15) is 9.90 Å². The Morgan fingerprint density at radius 3 is 2.68 bits per heavy atom. The van der Waals surface area contributed by atoms with Gasteiger partial charge in [0, 0.05) is 17.0 Å². The normalized spacial score (nSPS) is 14.5. The minimum atomic E-state index is -1.07. The molecule has 5 nitrogen and oxygen atoms in total. The molecule has 0 bridgehead atoms. The summed E-state index contributed by atoms with van der Waals surface area (Å²) in [7, 11) is 0. The number of carboxylic acids is 1. The molecular weight excluding hydrogens is 410 g/mol. The molecule has 0 spiro atoms. The van der Waals surface area contributed by atoms with E-state index in [1.165, 1.54) is 5.56 Å². The smallest absolute Gasteiger partial charge is 0.337 e. The van der Waals surface area contributed by atoms with Crippen molar-refractivity contribution in [1.82, 2.24) is 0 Å². The maximum absolute atomic E-state index is 12.4. The minimum Gasteiger partial charge on any atom is -0.493 e. The lowest BCUT2D eigenvalue weighted by Crippen LogP contribution is -2.28. The van der Waals surface area contributed by atoms with Crippen LogP contribution in [0.3, 0.4) is 0 Å². The van der Waals surface area contributed by atoms with Gasteiger partial charge < -0.3 is 19.3 Å². The Labute approximate surface area is 189 Å². The molecular formula is C25H33NO4S. The van der Waals surface area contributed by atoms with Gasteiger partial charge in [-0.3, -0.25) is 0 Å². The topological polar surface area (TPSA) is 67.8 Å². The van der Waals surface area contributed by atoms with Gasteiger partial charge in [0.05, 0.1) is 12.2 Å². The van der Waals surface area contributed by atoms with Gasteiger partial charge in [0.2, 0.25) is 0 Å². The van der Waals surface area contributed by atoms with Crippen molar-refractivity contribution in [2.75, 3.05) is 17.1 Å². The Morgan fingerprint density at radius 1 is 1.29 bits per heavy atom. The molecule has 2 aromatic carbocycles. The fraction of sp³-hybridized carbons (Fsp3) is 0.480. The molecule has 0 amide bonds. The van der Waals surface area contributed by atoms with Crippen molar-refractivity contribution in [3.63, 3.8) is 0 Å². The molecule has 31 heavy (non-hydrogen) atoms. The summed E-state index contributed by atoms with van der Waals surface area (Å²) in [6.07, 6.45) is 0.877. The van der Waals surface area contributed by atoms with Crippen LogP contribution in [-0.4, -0.2) is 29.0 Å². The monoisotopic (exact) mass is 443 g/mol. The second-order valence-corrected chi connectivity index (χ2v) is 9.98. The molecule has 2 aromatic rings. The van der Waals surface area contributed by atoms with Gasteiger partial charge in [-0.1, -0.05) is 24.9 Å². The van der Waals surface area contributed by atoms with Crippen LogP contribution in [0.4, 0.5) is 5.69 Å². The lowest BCUT2D eigenvalue weighted by Gasteiger charge is -2.30. The third-order valence-corrected chi connectivity index (χ3v) is 5.97. The Balaban J connectivity index is 2.24. The number of fused-ring (bicyclic) bond motifs is 1. The molecule has 1 aliphatic rings. The van der Waals surface area contributed by atoms with E-state index in [4.69, 9.17) is 9.47 Å². The van der Waals surface area contributed by atoms with Gasteiger partial charge >= 0.3 is 5.97 Å². The number of hydrogen-bond donors (Lipinski definition) is 2. The zero-order chi connectivity index (χ0) is 22.8. The van der Waals surface area contributed by atoms with Gasteiger partial charge in [0.15, 0.2) is 6.10 Å². The quantitative estimate of drug-likeness (QED) is 0.488. The van der Waals surface area contributed by atoms with E-state index in [-0.39, 0.29) is 0 Å². The number of ether oxygens (including phenoxy) is 2. The highest BCUT2D eigenvalue weighted by Crippen LogP contribution is 2.42. The molecule has 2 N–H and O–H groups in total. The lowest BCUT2D eigenvalue weighted by atomic mass is 9.86. The van der Waals surface area contributed by atoms with Gasteiger partial charge in [0.1, 0.15) is 5.75 Å². The molecule has 1 atom stereocenters. The molecule has 1 heterocycles. The largest absolute Gasteiger partial charge is 0.493 e. The van der Waals surface area contributed by atoms with E-state index < -0.39 is 17.7 Å².